The topological polar surface area (TPSA) is 53.5 Å². The Morgan fingerprint density at radius 3 is 2.65 bits per heavy atom. The number of piperazine rings is 1. The van der Waals surface area contributed by atoms with E-state index in [0.29, 0.717) is 18.7 Å². The number of rotatable bonds is 5. The van der Waals surface area contributed by atoms with Crippen LogP contribution in [-0.2, 0) is 4.79 Å². The van der Waals surface area contributed by atoms with Gasteiger partial charge in [0.15, 0.2) is 0 Å². The molecule has 5 nitrogen and oxygen atoms in total. The molecular formula is C14H19N3O2S. The molecule has 0 atom stereocenters. The minimum Gasteiger partial charge on any atom is -0.333 e. The summed E-state index contributed by atoms with van der Waals surface area (Å²) in [6, 6.07) is 3.29. The van der Waals surface area contributed by atoms with Gasteiger partial charge in [-0.3, -0.25) is 19.5 Å². The van der Waals surface area contributed by atoms with Crippen LogP contribution in [0.25, 0.3) is 0 Å². The summed E-state index contributed by atoms with van der Waals surface area (Å²) in [5.74, 6) is 0.223. The Balaban J connectivity index is 1.87. The number of carbonyl (C=O) groups is 2. The van der Waals surface area contributed by atoms with Crippen LogP contribution in [0.3, 0.4) is 0 Å². The van der Waals surface area contributed by atoms with Gasteiger partial charge in [0.05, 0.1) is 0 Å². The first kappa shape index (κ1) is 15.0. The molecule has 1 aliphatic rings. The Morgan fingerprint density at radius 1 is 1.30 bits per heavy atom. The van der Waals surface area contributed by atoms with Crippen LogP contribution in [-0.4, -0.2) is 71.2 Å². The summed E-state index contributed by atoms with van der Waals surface area (Å²) in [5.41, 5.74) is 0.363. The number of hydrogen-bond donors (Lipinski definition) is 0. The summed E-state index contributed by atoms with van der Waals surface area (Å²) >= 11 is 1.82. The summed E-state index contributed by atoms with van der Waals surface area (Å²) in [4.78, 5) is 32.0. The minimum atomic E-state index is -0.462. The van der Waals surface area contributed by atoms with Gasteiger partial charge in [0.25, 0.3) is 11.7 Å². The lowest BCUT2D eigenvalue weighted by Crippen LogP contribution is -2.50. The normalized spacial score (nSPS) is 16.1. The lowest BCUT2D eigenvalue weighted by Gasteiger charge is -2.34. The van der Waals surface area contributed by atoms with Crippen molar-refractivity contribution in [2.24, 2.45) is 0 Å². The molecule has 2 rings (SSSR count). The Labute approximate surface area is 123 Å². The molecule has 0 unspecified atom stereocenters. The number of ketones is 1. The molecule has 0 aromatic carbocycles. The van der Waals surface area contributed by atoms with Crippen molar-refractivity contribution in [2.45, 2.75) is 0 Å². The monoisotopic (exact) mass is 293 g/mol. The second-order valence-corrected chi connectivity index (χ2v) is 5.68. The summed E-state index contributed by atoms with van der Waals surface area (Å²) in [5, 5.41) is 0. The Bertz CT molecular complexity index is 459. The number of carbonyl (C=O) groups excluding carboxylic acids is 2. The van der Waals surface area contributed by atoms with Crippen molar-refractivity contribution >= 4 is 23.5 Å². The van der Waals surface area contributed by atoms with Gasteiger partial charge in [0, 0.05) is 56.4 Å². The molecule has 0 saturated carbocycles. The van der Waals surface area contributed by atoms with Crippen LogP contribution in [0.15, 0.2) is 24.5 Å². The Hall–Kier alpha value is -1.40. The second kappa shape index (κ2) is 7.40. The van der Waals surface area contributed by atoms with Crippen molar-refractivity contribution in [1.29, 1.82) is 0 Å². The van der Waals surface area contributed by atoms with E-state index in [-0.39, 0.29) is 0 Å². The van der Waals surface area contributed by atoms with Gasteiger partial charge in [-0.15, -0.1) is 0 Å². The molecular weight excluding hydrogens is 274 g/mol. The van der Waals surface area contributed by atoms with Gasteiger partial charge in [-0.2, -0.15) is 11.8 Å². The van der Waals surface area contributed by atoms with Gasteiger partial charge >= 0.3 is 0 Å². The van der Waals surface area contributed by atoms with Crippen LogP contribution in [0.2, 0.25) is 0 Å². The van der Waals surface area contributed by atoms with Gasteiger partial charge < -0.3 is 4.90 Å². The fourth-order valence-electron chi connectivity index (χ4n) is 2.16. The highest BCUT2D eigenvalue weighted by Crippen LogP contribution is 2.07. The third kappa shape index (κ3) is 3.80. The third-order valence-corrected chi connectivity index (χ3v) is 3.98. The summed E-state index contributed by atoms with van der Waals surface area (Å²) in [6.45, 7) is 3.97. The number of amides is 1. The number of nitrogens with zero attached hydrogens (tertiary/aromatic N) is 3. The number of Topliss-reactive ketones (excluding diaryl/α,β-unsaturated/α-hetero) is 1. The van der Waals surface area contributed by atoms with E-state index in [1.54, 1.807) is 23.2 Å². The van der Waals surface area contributed by atoms with Crippen molar-refractivity contribution < 1.29 is 9.59 Å². The van der Waals surface area contributed by atoms with Gasteiger partial charge in [0.2, 0.25) is 0 Å². The lowest BCUT2D eigenvalue weighted by molar-refractivity contribution is -0.128. The first-order chi connectivity index (χ1) is 9.72. The van der Waals surface area contributed by atoms with Crippen molar-refractivity contribution in [3.63, 3.8) is 0 Å². The van der Waals surface area contributed by atoms with E-state index >= 15 is 0 Å². The van der Waals surface area contributed by atoms with Crippen LogP contribution in [0.4, 0.5) is 0 Å². The lowest BCUT2D eigenvalue weighted by atomic mass is 10.1. The average molecular weight is 293 g/mol. The SMILES string of the molecule is CSCCN1CCN(C(=O)C(=O)c2cccnc2)CC1. The van der Waals surface area contributed by atoms with E-state index < -0.39 is 11.7 Å². The molecule has 1 aromatic heterocycles. The van der Waals surface area contributed by atoms with Crippen molar-refractivity contribution in [3.05, 3.63) is 30.1 Å². The molecule has 108 valence electrons. The van der Waals surface area contributed by atoms with Gasteiger partial charge in [-0.05, 0) is 18.4 Å². The highest BCUT2D eigenvalue weighted by atomic mass is 32.2. The van der Waals surface area contributed by atoms with Crippen LogP contribution in [0.1, 0.15) is 10.4 Å². The average Bonchev–Trinajstić information content (AvgIpc) is 2.53. The third-order valence-electron chi connectivity index (χ3n) is 3.39. The molecule has 6 heteroatoms. The van der Waals surface area contributed by atoms with E-state index in [2.05, 4.69) is 16.1 Å². The van der Waals surface area contributed by atoms with Crippen LogP contribution in [0.5, 0.6) is 0 Å². The Kier molecular flexibility index (Phi) is 5.55. The van der Waals surface area contributed by atoms with E-state index in [1.165, 1.54) is 6.20 Å². The largest absolute Gasteiger partial charge is 0.333 e. The highest BCUT2D eigenvalue weighted by Gasteiger charge is 2.26. The zero-order chi connectivity index (χ0) is 14.4. The van der Waals surface area contributed by atoms with E-state index in [4.69, 9.17) is 0 Å². The molecule has 20 heavy (non-hydrogen) atoms. The maximum absolute atomic E-state index is 12.1. The number of aromatic nitrogens is 1. The number of pyridine rings is 1. The fourth-order valence-corrected chi connectivity index (χ4v) is 2.60. The maximum Gasteiger partial charge on any atom is 0.295 e. The quantitative estimate of drug-likeness (QED) is 0.593. The van der Waals surface area contributed by atoms with Crippen LogP contribution >= 0.6 is 11.8 Å². The van der Waals surface area contributed by atoms with E-state index in [1.807, 2.05) is 11.8 Å². The van der Waals surface area contributed by atoms with E-state index in [0.717, 1.165) is 25.4 Å². The molecule has 0 N–H and O–H groups in total. The maximum atomic E-state index is 12.1. The molecule has 1 aliphatic heterocycles. The summed E-state index contributed by atoms with van der Waals surface area (Å²) in [6.07, 6.45) is 5.12. The van der Waals surface area contributed by atoms with Crippen molar-refractivity contribution in [2.75, 3.05) is 44.7 Å². The molecule has 2 heterocycles. The van der Waals surface area contributed by atoms with Gasteiger partial charge in [-0.1, -0.05) is 0 Å². The zero-order valence-electron chi connectivity index (χ0n) is 11.6. The predicted octanol–water partition coefficient (Wildman–Crippen LogP) is 0.771. The first-order valence-electron chi connectivity index (χ1n) is 6.67. The molecule has 0 spiro atoms. The van der Waals surface area contributed by atoms with Crippen LogP contribution < -0.4 is 0 Å². The number of hydrogen-bond acceptors (Lipinski definition) is 5. The molecule has 1 aromatic rings. The van der Waals surface area contributed by atoms with Gasteiger partial charge in [0.1, 0.15) is 0 Å². The molecule has 1 saturated heterocycles. The van der Waals surface area contributed by atoms with Crippen LogP contribution in [0, 0.1) is 0 Å². The second-order valence-electron chi connectivity index (χ2n) is 4.70. The smallest absolute Gasteiger partial charge is 0.295 e. The van der Waals surface area contributed by atoms with Gasteiger partial charge in [-0.25, -0.2) is 0 Å². The molecule has 1 amide bonds. The minimum absolute atomic E-state index is 0.363. The summed E-state index contributed by atoms with van der Waals surface area (Å²) in [7, 11) is 0. The Morgan fingerprint density at radius 2 is 2.05 bits per heavy atom. The molecule has 0 bridgehead atoms. The van der Waals surface area contributed by atoms with Crippen molar-refractivity contribution in [1.82, 2.24) is 14.8 Å². The standard InChI is InChI=1S/C14H19N3O2S/c1-20-10-9-16-5-7-17(8-6-16)14(19)13(18)12-3-2-4-15-11-12/h2-4,11H,5-10H2,1H3. The predicted molar refractivity (Wildman–Crippen MR) is 80.0 cm³/mol. The fraction of sp³-hybridized carbons (Fsp3) is 0.500. The molecule has 0 aliphatic carbocycles. The highest BCUT2D eigenvalue weighted by molar-refractivity contribution is 7.98. The van der Waals surface area contributed by atoms with Crippen molar-refractivity contribution in [3.8, 4) is 0 Å². The first-order valence-corrected chi connectivity index (χ1v) is 8.06. The number of thioether (sulfide) groups is 1. The summed E-state index contributed by atoms with van der Waals surface area (Å²) < 4.78 is 0. The zero-order valence-corrected chi connectivity index (χ0v) is 12.4. The molecule has 0 radical (unpaired) electrons. The molecule has 1 fully saturated rings. The van der Waals surface area contributed by atoms with E-state index in [9.17, 15) is 9.59 Å².